The van der Waals surface area contributed by atoms with E-state index in [1.165, 1.54) is 7.11 Å². The van der Waals surface area contributed by atoms with Gasteiger partial charge < -0.3 is 15.2 Å². The maximum Gasteiger partial charge on any atom is 0.172 e. The van der Waals surface area contributed by atoms with Crippen molar-refractivity contribution in [1.82, 2.24) is 5.32 Å². The molecule has 0 unspecified atom stereocenters. The van der Waals surface area contributed by atoms with E-state index in [0.717, 1.165) is 11.1 Å². The lowest BCUT2D eigenvalue weighted by Crippen LogP contribution is -2.12. The molecule has 5 heteroatoms. The predicted molar refractivity (Wildman–Crippen MR) is 84.1 cm³/mol. The number of rotatable bonds is 5. The van der Waals surface area contributed by atoms with Crippen LogP contribution in [0.3, 0.4) is 0 Å². The molecule has 108 valence electrons. The summed E-state index contributed by atoms with van der Waals surface area (Å²) in [6.07, 6.45) is 0. The Bertz CT molecular complexity index is 680. The van der Waals surface area contributed by atoms with E-state index >= 15 is 0 Å². The van der Waals surface area contributed by atoms with Crippen LogP contribution in [0.4, 0.5) is 0 Å². The predicted octanol–water partition coefficient (Wildman–Crippen LogP) is 3.32. The quantitative estimate of drug-likeness (QED) is 0.871. The van der Waals surface area contributed by atoms with Crippen LogP contribution in [-0.4, -0.2) is 12.2 Å². The van der Waals surface area contributed by atoms with Crippen molar-refractivity contribution in [2.75, 3.05) is 7.11 Å². The van der Waals surface area contributed by atoms with Gasteiger partial charge in [0.15, 0.2) is 11.5 Å². The number of nitrogens with zero attached hydrogens (tertiary/aromatic N) is 1. The summed E-state index contributed by atoms with van der Waals surface area (Å²) < 4.78 is 5.72. The van der Waals surface area contributed by atoms with E-state index in [1.807, 2.05) is 24.3 Å². The Morgan fingerprint density at radius 3 is 2.71 bits per heavy atom. The maximum absolute atomic E-state index is 9.76. The van der Waals surface area contributed by atoms with Gasteiger partial charge in [0.05, 0.1) is 23.2 Å². The Morgan fingerprint density at radius 1 is 1.24 bits per heavy atom. The summed E-state index contributed by atoms with van der Waals surface area (Å²) in [5.41, 5.74) is 2.70. The molecule has 4 nitrogen and oxygen atoms in total. The molecule has 0 atom stereocenters. The highest BCUT2D eigenvalue weighted by Gasteiger charge is 2.08. The Balaban J connectivity index is 2.00. The lowest BCUT2D eigenvalue weighted by molar-refractivity contribution is 0.371. The first-order valence-electron chi connectivity index (χ1n) is 6.39. The van der Waals surface area contributed by atoms with Gasteiger partial charge in [-0.25, -0.2) is 0 Å². The highest BCUT2D eigenvalue weighted by Crippen LogP contribution is 2.35. The molecule has 0 amide bonds. The monoisotopic (exact) mass is 346 g/mol. The van der Waals surface area contributed by atoms with Crippen molar-refractivity contribution in [2.24, 2.45) is 0 Å². The van der Waals surface area contributed by atoms with E-state index in [0.29, 0.717) is 28.9 Å². The van der Waals surface area contributed by atoms with Crippen molar-refractivity contribution in [1.29, 1.82) is 5.26 Å². The standard InChI is InChI=1S/C16H15BrN2O2/c1-21-15-7-13(6-14(17)16(15)20)10-19-9-12-4-2-3-11(5-12)8-18/h2-7,19-20H,9-10H2,1H3. The second-order valence-electron chi connectivity index (χ2n) is 4.54. The van der Waals surface area contributed by atoms with Crippen LogP contribution < -0.4 is 10.1 Å². The smallest absolute Gasteiger partial charge is 0.172 e. The van der Waals surface area contributed by atoms with Crippen molar-refractivity contribution in [2.45, 2.75) is 13.1 Å². The summed E-state index contributed by atoms with van der Waals surface area (Å²) >= 11 is 3.30. The van der Waals surface area contributed by atoms with Crippen molar-refractivity contribution >= 4 is 15.9 Å². The summed E-state index contributed by atoms with van der Waals surface area (Å²) in [5, 5.41) is 21.9. The fourth-order valence-corrected chi connectivity index (χ4v) is 2.48. The Kier molecular flexibility index (Phi) is 5.20. The summed E-state index contributed by atoms with van der Waals surface area (Å²) in [5.74, 6) is 0.538. The summed E-state index contributed by atoms with van der Waals surface area (Å²) in [4.78, 5) is 0. The molecule has 0 aromatic heterocycles. The molecule has 0 aliphatic heterocycles. The Morgan fingerprint density at radius 2 is 2.00 bits per heavy atom. The molecule has 2 aromatic rings. The van der Waals surface area contributed by atoms with Gasteiger partial charge in [-0.2, -0.15) is 5.26 Å². The van der Waals surface area contributed by atoms with E-state index in [9.17, 15) is 5.11 Å². The van der Waals surface area contributed by atoms with Gasteiger partial charge in [0, 0.05) is 13.1 Å². The average Bonchev–Trinajstić information content (AvgIpc) is 2.50. The van der Waals surface area contributed by atoms with E-state index in [1.54, 1.807) is 12.1 Å². The van der Waals surface area contributed by atoms with Gasteiger partial charge in [0.1, 0.15) is 0 Å². The van der Waals surface area contributed by atoms with Gasteiger partial charge in [-0.05, 0) is 51.3 Å². The lowest BCUT2D eigenvalue weighted by Gasteiger charge is -2.10. The molecule has 0 aliphatic rings. The number of hydrogen-bond acceptors (Lipinski definition) is 4. The highest BCUT2D eigenvalue weighted by molar-refractivity contribution is 9.10. The third kappa shape index (κ3) is 3.97. The lowest BCUT2D eigenvalue weighted by atomic mass is 10.1. The van der Waals surface area contributed by atoms with Gasteiger partial charge in [-0.3, -0.25) is 0 Å². The number of hydrogen-bond donors (Lipinski definition) is 2. The molecule has 0 heterocycles. The van der Waals surface area contributed by atoms with Crippen LogP contribution in [0.5, 0.6) is 11.5 Å². The Hall–Kier alpha value is -2.03. The minimum absolute atomic E-state index is 0.1000. The first-order chi connectivity index (χ1) is 10.1. The summed E-state index contributed by atoms with van der Waals surface area (Å²) in [6, 6.07) is 13.2. The van der Waals surface area contributed by atoms with Crippen LogP contribution >= 0.6 is 15.9 Å². The number of ether oxygens (including phenoxy) is 1. The maximum atomic E-state index is 9.76. The van der Waals surface area contributed by atoms with E-state index in [2.05, 4.69) is 27.3 Å². The number of methoxy groups -OCH3 is 1. The van der Waals surface area contributed by atoms with Gasteiger partial charge in [-0.1, -0.05) is 12.1 Å². The third-order valence-electron chi connectivity index (χ3n) is 3.02. The van der Waals surface area contributed by atoms with Gasteiger partial charge in [0.25, 0.3) is 0 Å². The number of nitrogens with one attached hydrogen (secondary N) is 1. The average molecular weight is 347 g/mol. The molecule has 0 fully saturated rings. The minimum Gasteiger partial charge on any atom is -0.503 e. The van der Waals surface area contributed by atoms with Gasteiger partial charge in [-0.15, -0.1) is 0 Å². The number of nitriles is 1. The van der Waals surface area contributed by atoms with Crippen LogP contribution in [0.1, 0.15) is 16.7 Å². The largest absolute Gasteiger partial charge is 0.503 e. The van der Waals surface area contributed by atoms with Crippen LogP contribution in [0, 0.1) is 11.3 Å². The SMILES string of the molecule is COc1cc(CNCc2cccc(C#N)c2)cc(Br)c1O. The number of halogens is 1. The van der Waals surface area contributed by atoms with Gasteiger partial charge >= 0.3 is 0 Å². The number of phenolic OH excluding ortho intramolecular Hbond substituents is 1. The van der Waals surface area contributed by atoms with Crippen LogP contribution in [0.25, 0.3) is 0 Å². The number of aromatic hydroxyl groups is 1. The summed E-state index contributed by atoms with van der Waals surface area (Å²) in [7, 11) is 1.52. The van der Waals surface area contributed by atoms with Crippen LogP contribution in [0.15, 0.2) is 40.9 Å². The molecule has 21 heavy (non-hydrogen) atoms. The first kappa shape index (κ1) is 15.4. The molecule has 0 saturated carbocycles. The molecule has 2 aromatic carbocycles. The van der Waals surface area contributed by atoms with Gasteiger partial charge in [0.2, 0.25) is 0 Å². The number of benzene rings is 2. The zero-order valence-electron chi connectivity index (χ0n) is 11.6. The topological polar surface area (TPSA) is 65.3 Å². The third-order valence-corrected chi connectivity index (χ3v) is 3.63. The van der Waals surface area contributed by atoms with Crippen molar-refractivity contribution in [3.63, 3.8) is 0 Å². The molecule has 0 saturated heterocycles. The van der Waals surface area contributed by atoms with E-state index in [-0.39, 0.29) is 5.75 Å². The van der Waals surface area contributed by atoms with E-state index in [4.69, 9.17) is 10.00 Å². The summed E-state index contributed by atoms with van der Waals surface area (Å²) in [6.45, 7) is 1.29. The second kappa shape index (κ2) is 7.11. The zero-order chi connectivity index (χ0) is 15.2. The fraction of sp³-hybridized carbons (Fsp3) is 0.188. The molecule has 0 radical (unpaired) electrons. The fourth-order valence-electron chi connectivity index (χ4n) is 1.99. The normalized spacial score (nSPS) is 10.1. The van der Waals surface area contributed by atoms with Crippen molar-refractivity contribution in [3.8, 4) is 17.6 Å². The highest BCUT2D eigenvalue weighted by atomic mass is 79.9. The molecule has 0 aliphatic carbocycles. The Labute approximate surface area is 132 Å². The molecular formula is C16H15BrN2O2. The second-order valence-corrected chi connectivity index (χ2v) is 5.40. The van der Waals surface area contributed by atoms with Crippen molar-refractivity contribution in [3.05, 3.63) is 57.6 Å². The number of phenols is 1. The zero-order valence-corrected chi connectivity index (χ0v) is 13.1. The molecule has 0 spiro atoms. The minimum atomic E-state index is 0.1000. The van der Waals surface area contributed by atoms with Crippen molar-refractivity contribution < 1.29 is 9.84 Å². The van der Waals surface area contributed by atoms with E-state index < -0.39 is 0 Å². The van der Waals surface area contributed by atoms with Crippen LogP contribution in [-0.2, 0) is 13.1 Å². The first-order valence-corrected chi connectivity index (χ1v) is 7.18. The molecular weight excluding hydrogens is 332 g/mol. The molecule has 2 N–H and O–H groups in total. The molecule has 2 rings (SSSR count). The molecule has 0 bridgehead atoms. The van der Waals surface area contributed by atoms with Crippen LogP contribution in [0.2, 0.25) is 0 Å².